The highest BCUT2D eigenvalue weighted by molar-refractivity contribution is 5.77. The summed E-state index contributed by atoms with van der Waals surface area (Å²) in [7, 11) is 0. The van der Waals surface area contributed by atoms with Crippen LogP contribution in [0.15, 0.2) is 0 Å². The van der Waals surface area contributed by atoms with Gasteiger partial charge in [-0.1, -0.05) is 226 Å². The van der Waals surface area contributed by atoms with Crippen molar-refractivity contribution in [3.05, 3.63) is 0 Å². The fourth-order valence-electron chi connectivity index (χ4n) is 10.7. The Morgan fingerprint density at radius 2 is 1.03 bits per heavy atom. The molecule has 2 saturated heterocycles. The van der Waals surface area contributed by atoms with E-state index in [9.17, 15) is 60.3 Å². The van der Waals surface area contributed by atoms with Gasteiger partial charge in [0.15, 0.2) is 6.29 Å². The second kappa shape index (κ2) is 43.6. The van der Waals surface area contributed by atoms with E-state index in [-0.39, 0.29) is 18.9 Å². The number of carboxylic acids is 1. The van der Waals surface area contributed by atoms with Gasteiger partial charge in [0.2, 0.25) is 11.8 Å². The molecule has 0 aromatic heterocycles. The number of rotatable bonds is 49. The molecule has 2 fully saturated rings. The topological polar surface area (TPSA) is 294 Å². The molecule has 2 aliphatic rings. The minimum absolute atomic E-state index is 0.248. The highest BCUT2D eigenvalue weighted by Crippen LogP contribution is 2.35. The van der Waals surface area contributed by atoms with Crippen molar-refractivity contribution in [2.45, 2.75) is 337 Å². The third kappa shape index (κ3) is 30.0. The third-order valence-corrected chi connectivity index (χ3v) is 15.7. The van der Waals surface area contributed by atoms with Gasteiger partial charge in [-0.05, 0) is 12.8 Å². The molecule has 0 aromatic rings. The minimum Gasteiger partial charge on any atom is -0.477 e. The molecule has 0 spiro atoms. The number of hydrogen-bond acceptors (Lipinski definition) is 15. The first-order chi connectivity index (χ1) is 37.1. The average molecular weight is 1110 g/mol. The van der Waals surface area contributed by atoms with Crippen LogP contribution in [0.1, 0.15) is 258 Å². The zero-order valence-electron chi connectivity index (χ0n) is 48.1. The molecule has 11 N–H and O–H groups in total. The number of aliphatic carboxylic acids is 1. The second-order valence-electron chi connectivity index (χ2n) is 22.6. The molecule has 454 valence electrons. The molecule has 77 heavy (non-hydrogen) atoms. The maximum absolute atomic E-state index is 13.4. The molecule has 2 aliphatic heterocycles. The van der Waals surface area contributed by atoms with E-state index in [1.165, 1.54) is 167 Å². The van der Waals surface area contributed by atoms with Crippen LogP contribution in [0.3, 0.4) is 0 Å². The Kier molecular flexibility index (Phi) is 40.3. The lowest BCUT2D eigenvalue weighted by Gasteiger charge is -2.47. The number of carbonyl (C=O) groups is 3. The SMILES string of the molecule is CCCCCCCCCCCCCCCCCCCCCCCC(=O)N[C@@H](CO[C@H]1O[C@H](CO[C@]2(C(=O)O)C[C@H](O)[C@@H](NC(C)=O)[C@H]([C@H](O)[C@H](O)CO)O2)[C@H](O)[C@H](O)[C@H]1O)[C@H](O)CCCCCCCCCCCCCCC. The van der Waals surface area contributed by atoms with Gasteiger partial charge in [0, 0.05) is 19.8 Å². The van der Waals surface area contributed by atoms with Gasteiger partial charge in [0.25, 0.3) is 5.79 Å². The predicted octanol–water partition coefficient (Wildman–Crippen LogP) is 7.91. The van der Waals surface area contributed by atoms with Crippen molar-refractivity contribution >= 4 is 17.8 Å². The zero-order chi connectivity index (χ0) is 56.7. The lowest BCUT2D eigenvalue weighted by atomic mass is 9.88. The average Bonchev–Trinajstić information content (AvgIpc) is 3.41. The first kappa shape index (κ1) is 71.0. The minimum atomic E-state index is -2.77. The molecule has 0 saturated carbocycles. The molecule has 18 nitrogen and oxygen atoms in total. The fraction of sp³-hybridized carbons (Fsp3) is 0.949. The maximum atomic E-state index is 13.4. The van der Waals surface area contributed by atoms with Crippen LogP contribution in [0.25, 0.3) is 0 Å². The standard InChI is InChI=1S/C59H112N2O16/c1-4-6-8-10-12-14-16-18-19-20-21-22-23-24-25-27-29-31-33-35-37-39-50(67)61-45(46(64)38-36-34-32-30-28-26-17-15-13-11-9-7-5-2)42-74-57-55(71)54(70)53(69)49(76-57)43-75-59(58(72)73)40-47(65)51(60-44(3)63)56(77-59)52(68)48(66)41-62/h45-49,51-57,62,64-66,68-71H,4-43H2,1-3H3,(H,60,63)(H,61,67)(H,72,73)/t45-,46+,47-,48+,49+,51+,52+,53-,54-,55+,56+,57-,59+/m0/s1. The summed E-state index contributed by atoms with van der Waals surface area (Å²) in [5.41, 5.74) is 0. The first-order valence-electron chi connectivity index (χ1n) is 30.9. The molecule has 18 heteroatoms. The van der Waals surface area contributed by atoms with Crippen molar-refractivity contribution in [3.63, 3.8) is 0 Å². The number of carboxylic acid groups (broad SMARTS) is 1. The van der Waals surface area contributed by atoms with Gasteiger partial charge in [-0.25, -0.2) is 4.79 Å². The summed E-state index contributed by atoms with van der Waals surface area (Å²) in [5.74, 6) is -5.51. The second-order valence-corrected chi connectivity index (χ2v) is 22.6. The van der Waals surface area contributed by atoms with Crippen molar-refractivity contribution in [2.75, 3.05) is 19.8 Å². The summed E-state index contributed by atoms with van der Waals surface area (Å²) in [4.78, 5) is 38.1. The number of unbranched alkanes of at least 4 members (excludes halogenated alkanes) is 32. The summed E-state index contributed by atoms with van der Waals surface area (Å²) in [6, 6.07) is -2.37. The lowest BCUT2D eigenvalue weighted by Crippen LogP contribution is -2.68. The van der Waals surface area contributed by atoms with Gasteiger partial charge in [-0.3, -0.25) is 9.59 Å². The van der Waals surface area contributed by atoms with Crippen molar-refractivity contribution in [2.24, 2.45) is 0 Å². The maximum Gasteiger partial charge on any atom is 0.364 e. The number of aliphatic hydroxyl groups excluding tert-OH is 8. The molecule has 13 atom stereocenters. The van der Waals surface area contributed by atoms with Crippen LogP contribution in [0.4, 0.5) is 0 Å². The molecule has 0 radical (unpaired) electrons. The quantitative estimate of drug-likeness (QED) is 0.0258. The fourth-order valence-corrected chi connectivity index (χ4v) is 10.7. The molecule has 2 rings (SSSR count). The van der Waals surface area contributed by atoms with Gasteiger partial charge in [-0.2, -0.15) is 0 Å². The Labute approximate surface area is 463 Å². The summed E-state index contributed by atoms with van der Waals surface area (Å²) in [6.07, 6.45) is 24.2. The smallest absolute Gasteiger partial charge is 0.364 e. The monoisotopic (exact) mass is 1100 g/mol. The molecular formula is C59H112N2O16. The van der Waals surface area contributed by atoms with Crippen LogP contribution in [-0.4, -0.2) is 163 Å². The van der Waals surface area contributed by atoms with Crippen LogP contribution in [0.2, 0.25) is 0 Å². The Morgan fingerprint density at radius 3 is 1.44 bits per heavy atom. The molecule has 0 aliphatic carbocycles. The van der Waals surface area contributed by atoms with E-state index in [0.717, 1.165) is 45.4 Å². The van der Waals surface area contributed by atoms with Gasteiger partial charge in [0.1, 0.15) is 42.7 Å². The number of aliphatic hydroxyl groups is 8. The third-order valence-electron chi connectivity index (χ3n) is 15.7. The Balaban J connectivity index is 1.92. The Morgan fingerprint density at radius 1 is 0.597 bits per heavy atom. The number of amides is 2. The number of ether oxygens (including phenoxy) is 4. The van der Waals surface area contributed by atoms with E-state index in [1.54, 1.807) is 0 Å². The molecule has 0 bridgehead atoms. The highest BCUT2D eigenvalue weighted by atomic mass is 16.7. The van der Waals surface area contributed by atoms with E-state index in [0.29, 0.717) is 19.3 Å². The van der Waals surface area contributed by atoms with Crippen molar-refractivity contribution in [1.29, 1.82) is 0 Å². The Bertz CT molecular complexity index is 1480. The number of hydrogen-bond donors (Lipinski definition) is 11. The van der Waals surface area contributed by atoms with Crippen LogP contribution in [-0.2, 0) is 33.3 Å². The lowest BCUT2D eigenvalue weighted by molar-refractivity contribution is -0.339. The number of nitrogens with one attached hydrogen (secondary N) is 2. The van der Waals surface area contributed by atoms with E-state index in [4.69, 9.17) is 18.9 Å². The molecule has 2 heterocycles. The zero-order valence-corrected chi connectivity index (χ0v) is 48.1. The van der Waals surface area contributed by atoms with E-state index >= 15 is 0 Å². The van der Waals surface area contributed by atoms with Gasteiger partial charge >= 0.3 is 5.97 Å². The van der Waals surface area contributed by atoms with Gasteiger partial charge in [-0.15, -0.1) is 0 Å². The van der Waals surface area contributed by atoms with Crippen molar-refractivity contribution in [1.82, 2.24) is 10.6 Å². The first-order valence-corrected chi connectivity index (χ1v) is 30.9. The van der Waals surface area contributed by atoms with Gasteiger partial charge in [0.05, 0.1) is 44.1 Å². The predicted molar refractivity (Wildman–Crippen MR) is 297 cm³/mol. The summed E-state index contributed by atoms with van der Waals surface area (Å²) < 4.78 is 23.1. The molecule has 2 amide bonds. The van der Waals surface area contributed by atoms with Gasteiger partial charge < -0.3 is 75.5 Å². The van der Waals surface area contributed by atoms with E-state index in [1.807, 2.05) is 0 Å². The molecule has 0 aromatic carbocycles. The summed E-state index contributed by atoms with van der Waals surface area (Å²) in [6.45, 7) is 3.42. The largest absolute Gasteiger partial charge is 0.477 e. The van der Waals surface area contributed by atoms with Crippen LogP contribution < -0.4 is 10.6 Å². The molecular weight excluding hydrogens is 993 g/mol. The highest BCUT2D eigenvalue weighted by Gasteiger charge is 2.57. The van der Waals surface area contributed by atoms with Crippen LogP contribution in [0.5, 0.6) is 0 Å². The Hall–Kier alpha value is -2.07. The summed E-state index contributed by atoms with van der Waals surface area (Å²) in [5, 5.41) is 101. The van der Waals surface area contributed by atoms with Crippen LogP contribution in [0, 0.1) is 0 Å². The normalized spacial score (nSPS) is 25.3. The number of carbonyl (C=O) groups excluding carboxylic acids is 2. The summed E-state index contributed by atoms with van der Waals surface area (Å²) >= 11 is 0. The van der Waals surface area contributed by atoms with E-state index in [2.05, 4.69) is 24.5 Å². The molecule has 0 unspecified atom stereocenters. The van der Waals surface area contributed by atoms with E-state index < -0.39 is 111 Å². The van der Waals surface area contributed by atoms with Crippen LogP contribution >= 0.6 is 0 Å². The van der Waals surface area contributed by atoms with Crippen molar-refractivity contribution < 1.29 is 79.3 Å². The van der Waals surface area contributed by atoms with Crippen molar-refractivity contribution in [3.8, 4) is 0 Å².